The molecule has 33 heavy (non-hydrogen) atoms. The first-order valence-corrected chi connectivity index (χ1v) is 13.0. The van der Waals surface area contributed by atoms with Gasteiger partial charge < -0.3 is 5.32 Å². The Balaban J connectivity index is 1.72. The number of hydrogen-bond donors (Lipinski definition) is 1. The van der Waals surface area contributed by atoms with Crippen LogP contribution in [0, 0.1) is 0 Å². The minimum Gasteiger partial charge on any atom is -0.349 e. The van der Waals surface area contributed by atoms with Crippen LogP contribution >= 0.6 is 0 Å². The Morgan fingerprint density at radius 3 is 2.03 bits per heavy atom. The molecule has 6 heteroatoms. The van der Waals surface area contributed by atoms with Crippen LogP contribution in [0.2, 0.25) is 0 Å². The van der Waals surface area contributed by atoms with Gasteiger partial charge in [-0.25, -0.2) is 8.42 Å². The van der Waals surface area contributed by atoms with Gasteiger partial charge in [-0.2, -0.15) is 0 Å². The van der Waals surface area contributed by atoms with Crippen LogP contribution in [-0.4, -0.2) is 20.4 Å². The summed E-state index contributed by atoms with van der Waals surface area (Å²) in [6, 6.07) is 24.9. The summed E-state index contributed by atoms with van der Waals surface area (Å²) in [5, 5.41) is 3.17. The van der Waals surface area contributed by atoms with Crippen molar-refractivity contribution >= 4 is 21.6 Å². The lowest BCUT2D eigenvalue weighted by molar-refractivity contribution is 0.0934. The highest BCUT2D eigenvalue weighted by Crippen LogP contribution is 2.29. The van der Waals surface area contributed by atoms with Gasteiger partial charge in [0.2, 0.25) is 0 Å². The van der Waals surface area contributed by atoms with Crippen LogP contribution in [0.3, 0.4) is 0 Å². The van der Waals surface area contributed by atoms with Crippen LogP contribution in [0.25, 0.3) is 0 Å². The lowest BCUT2D eigenvalue weighted by Gasteiger charge is -2.27. The third kappa shape index (κ3) is 5.63. The van der Waals surface area contributed by atoms with Gasteiger partial charge in [-0.3, -0.25) is 9.10 Å². The number of para-hydroxylation sites is 1. The monoisotopic (exact) mass is 462 g/mol. The molecule has 172 valence electrons. The van der Waals surface area contributed by atoms with Crippen LogP contribution in [-0.2, 0) is 16.6 Å². The van der Waals surface area contributed by atoms with Crippen molar-refractivity contribution in [2.24, 2.45) is 0 Å². The van der Waals surface area contributed by atoms with Gasteiger partial charge in [-0.1, -0.05) is 86.3 Å². The van der Waals surface area contributed by atoms with Crippen molar-refractivity contribution in [1.82, 2.24) is 5.32 Å². The van der Waals surface area contributed by atoms with E-state index in [0.717, 1.165) is 31.2 Å². The van der Waals surface area contributed by atoms with E-state index < -0.39 is 10.0 Å². The minimum atomic E-state index is -3.89. The average Bonchev–Trinajstić information content (AvgIpc) is 3.12. The number of carbonyl (C=O) groups is 1. The molecule has 0 aliphatic heterocycles. The van der Waals surface area contributed by atoms with E-state index >= 15 is 0 Å². The highest BCUT2D eigenvalue weighted by Gasteiger charge is 2.29. The van der Waals surface area contributed by atoms with Crippen molar-refractivity contribution < 1.29 is 13.2 Å². The molecule has 0 saturated heterocycles. The van der Waals surface area contributed by atoms with Crippen molar-refractivity contribution in [3.63, 3.8) is 0 Å². The number of rotatable bonds is 7. The lowest BCUT2D eigenvalue weighted by atomic mass is 10.1. The predicted octanol–water partition coefficient (Wildman–Crippen LogP) is 5.53. The zero-order valence-corrected chi connectivity index (χ0v) is 19.5. The normalized spacial score (nSPS) is 14.9. The summed E-state index contributed by atoms with van der Waals surface area (Å²) in [5.74, 6) is -0.223. The van der Waals surface area contributed by atoms with Crippen LogP contribution < -0.4 is 9.62 Å². The van der Waals surface area contributed by atoms with E-state index in [2.05, 4.69) is 5.32 Å². The summed E-state index contributed by atoms with van der Waals surface area (Å²) in [7, 11) is -3.89. The maximum atomic E-state index is 13.7. The van der Waals surface area contributed by atoms with Crippen LogP contribution in [0.5, 0.6) is 0 Å². The molecule has 4 rings (SSSR count). The van der Waals surface area contributed by atoms with Gasteiger partial charge >= 0.3 is 0 Å². The highest BCUT2D eigenvalue weighted by molar-refractivity contribution is 7.92. The molecule has 0 spiro atoms. The summed E-state index contributed by atoms with van der Waals surface area (Å²) >= 11 is 0. The van der Waals surface area contributed by atoms with E-state index in [9.17, 15) is 13.2 Å². The SMILES string of the molecule is O=C(NC1CCCCCC1)c1ccccc1N(Cc1ccccc1)S(=O)(=O)c1ccccc1. The first-order valence-electron chi connectivity index (χ1n) is 11.6. The van der Waals surface area contributed by atoms with Crippen molar-refractivity contribution in [1.29, 1.82) is 0 Å². The lowest BCUT2D eigenvalue weighted by Crippen LogP contribution is -2.37. The molecule has 1 aliphatic rings. The summed E-state index contributed by atoms with van der Waals surface area (Å²) in [6.45, 7) is 0.131. The van der Waals surface area contributed by atoms with Gasteiger partial charge in [0.15, 0.2) is 0 Å². The molecule has 1 fully saturated rings. The van der Waals surface area contributed by atoms with Crippen LogP contribution in [0.15, 0.2) is 89.8 Å². The van der Waals surface area contributed by atoms with Crippen molar-refractivity contribution in [2.45, 2.75) is 56.0 Å². The summed E-state index contributed by atoms with van der Waals surface area (Å²) < 4.78 is 28.8. The summed E-state index contributed by atoms with van der Waals surface area (Å²) in [5.41, 5.74) is 1.60. The van der Waals surface area contributed by atoms with E-state index in [0.29, 0.717) is 11.3 Å². The molecular formula is C27H30N2O3S. The minimum absolute atomic E-state index is 0.126. The Morgan fingerprint density at radius 2 is 1.36 bits per heavy atom. The van der Waals surface area contributed by atoms with Crippen molar-refractivity contribution in [3.8, 4) is 0 Å². The quantitative estimate of drug-likeness (QED) is 0.469. The van der Waals surface area contributed by atoms with E-state index in [-0.39, 0.29) is 23.4 Å². The predicted molar refractivity (Wildman–Crippen MR) is 132 cm³/mol. The molecule has 0 bridgehead atoms. The molecule has 1 amide bonds. The molecule has 5 nitrogen and oxygen atoms in total. The van der Waals surface area contributed by atoms with E-state index in [4.69, 9.17) is 0 Å². The second kappa shape index (κ2) is 10.7. The molecule has 3 aromatic carbocycles. The molecular weight excluding hydrogens is 432 g/mol. The Hall–Kier alpha value is -3.12. The average molecular weight is 463 g/mol. The van der Waals surface area contributed by atoms with Gasteiger partial charge in [0.05, 0.1) is 22.7 Å². The Kier molecular flexibility index (Phi) is 7.45. The Morgan fingerprint density at radius 1 is 0.788 bits per heavy atom. The number of hydrogen-bond acceptors (Lipinski definition) is 3. The second-order valence-corrected chi connectivity index (χ2v) is 10.4. The zero-order chi connectivity index (χ0) is 23.1. The van der Waals surface area contributed by atoms with Gasteiger partial charge in [-0.15, -0.1) is 0 Å². The standard InChI is InChI=1S/C27H30N2O3S/c30-27(28-23-15-7-1-2-8-16-23)25-19-11-12-20-26(25)29(21-22-13-5-3-6-14-22)33(31,32)24-17-9-4-10-18-24/h3-6,9-14,17-20,23H,1-2,7-8,15-16,21H2,(H,28,30). The number of anilines is 1. The maximum Gasteiger partial charge on any atom is 0.264 e. The second-order valence-electron chi connectivity index (χ2n) is 8.49. The number of amides is 1. The van der Waals surface area contributed by atoms with E-state index in [1.54, 1.807) is 54.6 Å². The molecule has 3 aromatic rings. The van der Waals surface area contributed by atoms with Crippen LogP contribution in [0.4, 0.5) is 5.69 Å². The number of sulfonamides is 1. The third-order valence-electron chi connectivity index (χ3n) is 6.11. The molecule has 1 N–H and O–H groups in total. The van der Waals surface area contributed by atoms with Gasteiger partial charge in [0.1, 0.15) is 0 Å². The van der Waals surface area contributed by atoms with Gasteiger partial charge in [-0.05, 0) is 42.7 Å². The molecule has 0 unspecified atom stereocenters. The summed E-state index contributed by atoms with van der Waals surface area (Å²) in [6.07, 6.45) is 6.53. The molecule has 0 heterocycles. The molecule has 1 aliphatic carbocycles. The fourth-order valence-electron chi connectivity index (χ4n) is 4.34. The van der Waals surface area contributed by atoms with Crippen molar-refractivity contribution in [2.75, 3.05) is 4.31 Å². The molecule has 0 atom stereocenters. The zero-order valence-electron chi connectivity index (χ0n) is 18.7. The number of nitrogens with zero attached hydrogens (tertiary/aromatic N) is 1. The summed E-state index contributed by atoms with van der Waals surface area (Å²) in [4.78, 5) is 13.5. The fraction of sp³-hybridized carbons (Fsp3) is 0.296. The smallest absolute Gasteiger partial charge is 0.264 e. The molecule has 0 radical (unpaired) electrons. The number of benzene rings is 3. The maximum absolute atomic E-state index is 13.7. The highest BCUT2D eigenvalue weighted by atomic mass is 32.2. The fourth-order valence-corrected chi connectivity index (χ4v) is 5.83. The molecule has 1 saturated carbocycles. The Bertz CT molecular complexity index is 1160. The topological polar surface area (TPSA) is 66.5 Å². The Labute approximate surface area is 196 Å². The number of nitrogens with one attached hydrogen (secondary N) is 1. The molecule has 0 aromatic heterocycles. The first-order chi connectivity index (χ1) is 16.1. The van der Waals surface area contributed by atoms with E-state index in [1.807, 2.05) is 30.3 Å². The van der Waals surface area contributed by atoms with Crippen molar-refractivity contribution in [3.05, 3.63) is 96.1 Å². The third-order valence-corrected chi connectivity index (χ3v) is 7.88. The largest absolute Gasteiger partial charge is 0.349 e. The van der Waals surface area contributed by atoms with Gasteiger partial charge in [0.25, 0.3) is 15.9 Å². The van der Waals surface area contributed by atoms with E-state index in [1.165, 1.54) is 17.1 Å². The number of carbonyl (C=O) groups excluding carboxylic acids is 1. The first kappa shape index (κ1) is 23.1. The van der Waals surface area contributed by atoms with Gasteiger partial charge in [0, 0.05) is 6.04 Å². The van der Waals surface area contributed by atoms with Crippen LogP contribution in [0.1, 0.15) is 54.4 Å².